The predicted octanol–water partition coefficient (Wildman–Crippen LogP) is -1.09. The number of rotatable bonds is 12. The molecule has 30 heavy (non-hydrogen) atoms. The van der Waals surface area contributed by atoms with Gasteiger partial charge < -0.3 is 10.6 Å². The summed E-state index contributed by atoms with van der Waals surface area (Å²) in [6.07, 6.45) is 5.73. The summed E-state index contributed by atoms with van der Waals surface area (Å²) in [5.74, 6) is -2.53. The Morgan fingerprint density at radius 1 is 0.833 bits per heavy atom. The molecule has 2 aliphatic rings. The lowest BCUT2D eigenvalue weighted by atomic mass is 10.1. The summed E-state index contributed by atoms with van der Waals surface area (Å²) in [5.41, 5.74) is -0.566. The largest absolute Gasteiger partial charge is 0.356 e. The number of nitrogens with one attached hydrogen (secondary N) is 4. The van der Waals surface area contributed by atoms with Crippen LogP contribution in [0.5, 0.6) is 0 Å². The van der Waals surface area contributed by atoms with Crippen molar-refractivity contribution in [1.82, 2.24) is 21.3 Å². The van der Waals surface area contributed by atoms with Crippen molar-refractivity contribution in [3.05, 3.63) is 0 Å². The third-order valence-corrected chi connectivity index (χ3v) is 5.63. The first-order valence-corrected chi connectivity index (χ1v) is 10.8. The van der Waals surface area contributed by atoms with E-state index in [1.54, 1.807) is 0 Å². The molecule has 2 fully saturated rings. The topological polar surface area (TPSA) is 151 Å². The van der Waals surface area contributed by atoms with Crippen LogP contribution in [-0.2, 0) is 28.8 Å². The zero-order valence-electron chi connectivity index (χ0n) is 16.8. The minimum Gasteiger partial charge on any atom is -0.356 e. The van der Waals surface area contributed by atoms with E-state index in [1.165, 1.54) is 0 Å². The van der Waals surface area contributed by atoms with Crippen LogP contribution >= 0.6 is 0 Å². The van der Waals surface area contributed by atoms with E-state index in [2.05, 4.69) is 31.5 Å². The summed E-state index contributed by atoms with van der Waals surface area (Å²) in [6.45, 7) is 0. The molecule has 0 aromatic carbocycles. The van der Waals surface area contributed by atoms with Crippen molar-refractivity contribution in [2.45, 2.75) is 75.9 Å². The van der Waals surface area contributed by atoms with Gasteiger partial charge in [-0.15, -0.1) is 0 Å². The molecule has 11 heteroatoms. The molecule has 2 rings (SSSR count). The third kappa shape index (κ3) is 7.69. The van der Waals surface area contributed by atoms with Crippen LogP contribution in [0.15, 0.2) is 0 Å². The summed E-state index contributed by atoms with van der Waals surface area (Å²) in [7, 11) is 3.31. The van der Waals surface area contributed by atoms with E-state index in [0.29, 0.717) is 25.7 Å². The van der Waals surface area contributed by atoms with E-state index in [4.69, 9.17) is 0 Å². The summed E-state index contributed by atoms with van der Waals surface area (Å²) >= 11 is 0. The molecule has 2 saturated heterocycles. The van der Waals surface area contributed by atoms with Crippen molar-refractivity contribution in [3.63, 3.8) is 0 Å². The van der Waals surface area contributed by atoms with Crippen molar-refractivity contribution >= 4 is 45.7 Å². The molecule has 163 valence electrons. The Hall–Kier alpha value is -2.56. The van der Waals surface area contributed by atoms with Crippen LogP contribution in [0.2, 0.25) is 0 Å². The Morgan fingerprint density at radius 2 is 1.37 bits per heavy atom. The zero-order chi connectivity index (χ0) is 22.1. The van der Waals surface area contributed by atoms with Gasteiger partial charge in [0, 0.05) is 24.9 Å². The van der Waals surface area contributed by atoms with Crippen LogP contribution in [0, 0.1) is 5.92 Å². The minimum atomic E-state index is -0.751. The van der Waals surface area contributed by atoms with Crippen molar-refractivity contribution in [2.24, 2.45) is 5.92 Å². The Morgan fingerprint density at radius 3 is 1.90 bits per heavy atom. The van der Waals surface area contributed by atoms with Crippen LogP contribution in [0.1, 0.15) is 64.2 Å². The normalized spacial score (nSPS) is 21.9. The molecule has 6 amide bonds. The highest BCUT2D eigenvalue weighted by molar-refractivity contribution is 6.17. The van der Waals surface area contributed by atoms with Crippen molar-refractivity contribution in [2.75, 3.05) is 0 Å². The van der Waals surface area contributed by atoms with Crippen LogP contribution in [0.3, 0.4) is 0 Å². The molecule has 10 nitrogen and oxygen atoms in total. The van der Waals surface area contributed by atoms with Gasteiger partial charge >= 0.3 is 0 Å². The summed E-state index contributed by atoms with van der Waals surface area (Å²) in [6, 6.07) is -0.751. The number of amides is 6. The number of imide groups is 2. The lowest BCUT2D eigenvalue weighted by molar-refractivity contribution is -0.128. The predicted molar refractivity (Wildman–Crippen MR) is 106 cm³/mol. The first kappa shape index (κ1) is 23.7. The van der Waals surface area contributed by atoms with Gasteiger partial charge in [0.15, 0.2) is 0 Å². The molecule has 2 unspecified atom stereocenters. The number of hydrogen-bond acceptors (Lipinski definition) is 6. The van der Waals surface area contributed by atoms with Gasteiger partial charge in [-0.2, -0.15) is 0 Å². The fraction of sp³-hybridized carbons (Fsp3) is 0.684. The lowest BCUT2D eigenvalue weighted by Gasteiger charge is -2.17. The Bertz CT molecular complexity index is 713. The van der Waals surface area contributed by atoms with Crippen molar-refractivity contribution in [3.8, 4) is 0 Å². The quantitative estimate of drug-likeness (QED) is 0.174. The Kier molecular flexibility index (Phi) is 9.15. The maximum absolute atomic E-state index is 11.9. The highest BCUT2D eigenvalue weighted by atomic mass is 28.1. The van der Waals surface area contributed by atoms with Crippen molar-refractivity contribution < 1.29 is 28.8 Å². The zero-order valence-corrected chi connectivity index (χ0v) is 17.8. The van der Waals surface area contributed by atoms with Crippen LogP contribution in [-0.4, -0.2) is 57.4 Å². The molecular formula is C19H27N4O6Si. The first-order valence-electron chi connectivity index (χ1n) is 10.2. The van der Waals surface area contributed by atoms with Gasteiger partial charge in [-0.25, -0.2) is 0 Å². The molecular weight excluding hydrogens is 408 g/mol. The van der Waals surface area contributed by atoms with E-state index in [0.717, 1.165) is 25.7 Å². The molecule has 3 radical (unpaired) electrons. The van der Waals surface area contributed by atoms with E-state index < -0.39 is 23.5 Å². The van der Waals surface area contributed by atoms with Crippen LogP contribution < -0.4 is 21.3 Å². The van der Waals surface area contributed by atoms with E-state index >= 15 is 0 Å². The molecule has 4 N–H and O–H groups in total. The Balaban J connectivity index is 1.45. The average molecular weight is 436 g/mol. The molecule has 0 saturated carbocycles. The van der Waals surface area contributed by atoms with Gasteiger partial charge in [-0.1, -0.05) is 25.7 Å². The van der Waals surface area contributed by atoms with Gasteiger partial charge in [0.1, 0.15) is 6.04 Å². The van der Waals surface area contributed by atoms with E-state index in [-0.39, 0.29) is 42.4 Å². The van der Waals surface area contributed by atoms with Crippen LogP contribution in [0.4, 0.5) is 0 Å². The molecule has 0 spiro atoms. The number of carbonyl (C=O) groups excluding carboxylic acids is 6. The SMILES string of the molecule is O=C1CC(C([Si])NC(=O)CCCCCCCCC(=O)N[C@H]2CC(=O)NC2=O)C(=O)N1. The first-order chi connectivity index (χ1) is 14.3. The number of carbonyl (C=O) groups is 6. The number of unbranched alkanes of at least 4 members (excludes halogenated alkanes) is 5. The third-order valence-electron chi connectivity index (χ3n) is 5.09. The highest BCUT2D eigenvalue weighted by Gasteiger charge is 2.35. The maximum Gasteiger partial charge on any atom is 0.249 e. The van der Waals surface area contributed by atoms with Gasteiger partial charge in [0.05, 0.1) is 22.6 Å². The maximum atomic E-state index is 11.9. The molecule has 2 aliphatic heterocycles. The molecule has 0 aliphatic carbocycles. The highest BCUT2D eigenvalue weighted by Crippen LogP contribution is 2.14. The van der Waals surface area contributed by atoms with Crippen LogP contribution in [0.25, 0.3) is 0 Å². The second-order valence-corrected chi connectivity index (χ2v) is 8.25. The van der Waals surface area contributed by atoms with E-state index in [9.17, 15) is 28.8 Å². The Labute approximate surface area is 178 Å². The minimum absolute atomic E-state index is 0.000156. The summed E-state index contributed by atoms with van der Waals surface area (Å²) < 4.78 is 0. The van der Waals surface area contributed by atoms with Crippen molar-refractivity contribution in [1.29, 1.82) is 0 Å². The summed E-state index contributed by atoms with van der Waals surface area (Å²) in [5, 5.41) is 9.62. The molecule has 0 aromatic heterocycles. The fourth-order valence-corrected chi connectivity index (χ4v) is 3.83. The molecule has 2 heterocycles. The monoisotopic (exact) mass is 435 g/mol. The smallest absolute Gasteiger partial charge is 0.249 e. The molecule has 3 atom stereocenters. The van der Waals surface area contributed by atoms with Gasteiger partial charge in [-0.3, -0.25) is 39.4 Å². The molecule has 0 bridgehead atoms. The van der Waals surface area contributed by atoms with Gasteiger partial charge in [0.25, 0.3) is 0 Å². The summed E-state index contributed by atoms with van der Waals surface area (Å²) in [4.78, 5) is 69.0. The fourth-order valence-electron chi connectivity index (χ4n) is 3.40. The van der Waals surface area contributed by atoms with Gasteiger partial charge in [0.2, 0.25) is 35.4 Å². The number of hydrogen-bond donors (Lipinski definition) is 4. The van der Waals surface area contributed by atoms with E-state index in [1.807, 2.05) is 0 Å². The van der Waals surface area contributed by atoms with Gasteiger partial charge in [-0.05, 0) is 12.8 Å². The average Bonchev–Trinajstić information content (AvgIpc) is 3.17. The second-order valence-electron chi connectivity index (χ2n) is 7.63. The molecule has 0 aromatic rings. The standard InChI is InChI=1S/C19H27N4O6Si/c24-13(20-12-10-16(27)22-18(12)29)7-5-3-1-2-4-6-8-14(25)23-19(30)11-9-15(26)21-17(11)28/h11-12,19H,1-10H2,(H,20,24)(H,23,25)(H,21,26,28)(H,22,27,29)/t11?,12-,19?/m0/s1. The lowest BCUT2D eigenvalue weighted by Crippen LogP contribution is -2.43. The second kappa shape index (κ2) is 11.6.